The van der Waals surface area contributed by atoms with Crippen LogP contribution in [0.3, 0.4) is 0 Å². The summed E-state index contributed by atoms with van der Waals surface area (Å²) in [6.07, 6.45) is 1.58. The van der Waals surface area contributed by atoms with Gasteiger partial charge in [0, 0.05) is 22.0 Å². The molecule has 0 saturated carbocycles. The molecule has 0 fully saturated rings. The summed E-state index contributed by atoms with van der Waals surface area (Å²) in [5.74, 6) is 1.01. The Hall–Kier alpha value is -1.76. The molecule has 3 rings (SSSR count). The third-order valence-corrected chi connectivity index (χ3v) is 5.67. The highest BCUT2D eigenvalue weighted by atomic mass is 127. The van der Waals surface area contributed by atoms with Crippen LogP contribution >= 0.6 is 22.6 Å². The maximum atomic E-state index is 10.8. The maximum absolute atomic E-state index is 10.8. The first-order valence-electron chi connectivity index (χ1n) is 9.10. The van der Waals surface area contributed by atoms with Gasteiger partial charge in [0.15, 0.2) is 0 Å². The summed E-state index contributed by atoms with van der Waals surface area (Å²) in [5, 5.41) is 8.90. The van der Waals surface area contributed by atoms with Gasteiger partial charge in [0.1, 0.15) is 23.7 Å². The van der Waals surface area contributed by atoms with Crippen LogP contribution in [0.4, 0.5) is 0 Å². The van der Waals surface area contributed by atoms with Gasteiger partial charge in [-0.05, 0) is 97.2 Å². The number of aliphatic carboxylic acids is 1. The molecule has 0 bridgehead atoms. The van der Waals surface area contributed by atoms with E-state index in [0.29, 0.717) is 13.0 Å². The number of fused-ring (bicyclic) bond motifs is 1. The van der Waals surface area contributed by atoms with Gasteiger partial charge in [-0.3, -0.25) is 4.79 Å². The molecular formula is C22H25IO4. The average molecular weight is 480 g/mol. The van der Waals surface area contributed by atoms with Gasteiger partial charge >= 0.3 is 5.97 Å². The molecule has 0 aliphatic carbocycles. The van der Waals surface area contributed by atoms with Crippen LogP contribution in [0.15, 0.2) is 24.3 Å². The molecular weight excluding hydrogens is 455 g/mol. The van der Waals surface area contributed by atoms with Crippen molar-refractivity contribution in [3.8, 4) is 11.5 Å². The molecule has 0 aromatic heterocycles. The number of benzene rings is 2. The van der Waals surface area contributed by atoms with E-state index in [-0.39, 0.29) is 12.0 Å². The van der Waals surface area contributed by atoms with Crippen LogP contribution in [-0.4, -0.2) is 16.7 Å². The number of carbonyl (C=O) groups is 1. The SMILES string of the molecule is Cc1c(CCC(=O)O)ccc(OCc2cc(I)cc3c2OC(C)(C)C3)c1C. The lowest BCUT2D eigenvalue weighted by Crippen LogP contribution is -2.25. The fraction of sp³-hybridized carbons (Fsp3) is 0.409. The van der Waals surface area contributed by atoms with Gasteiger partial charge in [-0.1, -0.05) is 6.07 Å². The van der Waals surface area contributed by atoms with Crippen molar-refractivity contribution in [1.82, 2.24) is 0 Å². The van der Waals surface area contributed by atoms with Gasteiger partial charge in [0.2, 0.25) is 0 Å². The molecule has 1 aliphatic rings. The second-order valence-electron chi connectivity index (χ2n) is 7.75. The summed E-state index contributed by atoms with van der Waals surface area (Å²) in [4.78, 5) is 10.8. The van der Waals surface area contributed by atoms with Crippen molar-refractivity contribution in [2.75, 3.05) is 0 Å². The largest absolute Gasteiger partial charge is 0.488 e. The van der Waals surface area contributed by atoms with Crippen molar-refractivity contribution < 1.29 is 19.4 Å². The first-order valence-corrected chi connectivity index (χ1v) is 10.2. The molecule has 1 N–H and O–H groups in total. The second-order valence-corrected chi connectivity index (χ2v) is 8.99. The van der Waals surface area contributed by atoms with E-state index in [1.54, 1.807) is 0 Å². The standard InChI is InChI=1S/C22H25IO4/c1-13-14(2)19(7-5-15(13)6-8-20(24)25)26-12-17-10-18(23)9-16-11-22(3,4)27-21(16)17/h5,7,9-10H,6,8,11-12H2,1-4H3,(H,24,25). The fourth-order valence-electron chi connectivity index (χ4n) is 3.53. The predicted octanol–water partition coefficient (Wildman–Crippen LogP) is 5.22. The van der Waals surface area contributed by atoms with Crippen molar-refractivity contribution in [1.29, 1.82) is 0 Å². The van der Waals surface area contributed by atoms with Crippen LogP contribution in [0.25, 0.3) is 0 Å². The third-order valence-electron chi connectivity index (χ3n) is 5.04. The molecule has 4 nitrogen and oxygen atoms in total. The smallest absolute Gasteiger partial charge is 0.303 e. The van der Waals surface area contributed by atoms with Crippen LogP contribution in [0.2, 0.25) is 0 Å². The highest BCUT2D eigenvalue weighted by Gasteiger charge is 2.32. The minimum atomic E-state index is -0.775. The van der Waals surface area contributed by atoms with Gasteiger partial charge in [-0.25, -0.2) is 0 Å². The summed E-state index contributed by atoms with van der Waals surface area (Å²) in [5.41, 5.74) is 5.33. The Bertz CT molecular complexity index is 886. The molecule has 0 unspecified atom stereocenters. The van der Waals surface area contributed by atoms with Crippen LogP contribution in [0.5, 0.6) is 11.5 Å². The Kier molecular flexibility index (Phi) is 5.70. The Balaban J connectivity index is 1.79. The van der Waals surface area contributed by atoms with Crippen LogP contribution in [0.1, 0.15) is 48.1 Å². The fourth-order valence-corrected chi connectivity index (χ4v) is 4.28. The topological polar surface area (TPSA) is 55.8 Å². The molecule has 0 amide bonds. The Labute approximate surface area is 174 Å². The van der Waals surface area contributed by atoms with E-state index >= 15 is 0 Å². The first kappa shape index (κ1) is 20.0. The van der Waals surface area contributed by atoms with E-state index in [9.17, 15) is 4.79 Å². The van der Waals surface area contributed by atoms with Gasteiger partial charge in [-0.15, -0.1) is 0 Å². The Morgan fingerprint density at radius 1 is 1.22 bits per heavy atom. The van der Waals surface area contributed by atoms with Crippen LogP contribution in [0, 0.1) is 17.4 Å². The van der Waals surface area contributed by atoms with Crippen molar-refractivity contribution in [3.63, 3.8) is 0 Å². The Morgan fingerprint density at radius 2 is 1.96 bits per heavy atom. The molecule has 0 atom stereocenters. The summed E-state index contributed by atoms with van der Waals surface area (Å²) in [7, 11) is 0. The minimum absolute atomic E-state index is 0.141. The van der Waals surface area contributed by atoms with E-state index < -0.39 is 5.97 Å². The number of carboxylic acid groups (broad SMARTS) is 1. The molecule has 144 valence electrons. The number of carboxylic acids is 1. The summed E-state index contributed by atoms with van der Waals surface area (Å²) < 4.78 is 13.5. The zero-order valence-electron chi connectivity index (χ0n) is 16.2. The van der Waals surface area contributed by atoms with Crippen molar-refractivity contribution >= 4 is 28.6 Å². The predicted molar refractivity (Wildman–Crippen MR) is 114 cm³/mol. The van der Waals surface area contributed by atoms with Gasteiger partial charge in [0.25, 0.3) is 0 Å². The number of rotatable bonds is 6. The molecule has 2 aromatic rings. The zero-order chi connectivity index (χ0) is 19.8. The number of aryl methyl sites for hydroxylation is 1. The molecule has 27 heavy (non-hydrogen) atoms. The molecule has 0 spiro atoms. The van der Waals surface area contributed by atoms with E-state index in [1.807, 2.05) is 26.0 Å². The number of hydrogen-bond acceptors (Lipinski definition) is 3. The van der Waals surface area contributed by atoms with Crippen LogP contribution in [-0.2, 0) is 24.2 Å². The molecule has 0 radical (unpaired) electrons. The summed E-state index contributed by atoms with van der Waals surface area (Å²) in [6, 6.07) is 8.21. The lowest BCUT2D eigenvalue weighted by molar-refractivity contribution is -0.136. The lowest BCUT2D eigenvalue weighted by atomic mass is 9.99. The van der Waals surface area contributed by atoms with E-state index in [0.717, 1.165) is 40.2 Å². The molecule has 2 aromatic carbocycles. The molecule has 5 heteroatoms. The quantitative estimate of drug-likeness (QED) is 0.577. The number of ether oxygens (including phenoxy) is 2. The second kappa shape index (κ2) is 7.70. The number of halogens is 1. The van der Waals surface area contributed by atoms with Crippen LogP contribution < -0.4 is 9.47 Å². The maximum Gasteiger partial charge on any atom is 0.303 e. The minimum Gasteiger partial charge on any atom is -0.488 e. The zero-order valence-corrected chi connectivity index (χ0v) is 18.3. The van der Waals surface area contributed by atoms with Crippen molar-refractivity contribution in [3.05, 3.63) is 55.7 Å². The van der Waals surface area contributed by atoms with E-state index in [2.05, 4.69) is 48.6 Å². The van der Waals surface area contributed by atoms with E-state index in [4.69, 9.17) is 14.6 Å². The third kappa shape index (κ3) is 4.57. The molecule has 1 heterocycles. The monoisotopic (exact) mass is 480 g/mol. The molecule has 1 aliphatic heterocycles. The lowest BCUT2D eigenvalue weighted by Gasteiger charge is -2.19. The van der Waals surface area contributed by atoms with Gasteiger partial charge in [-0.2, -0.15) is 0 Å². The number of hydrogen-bond donors (Lipinski definition) is 1. The highest BCUT2D eigenvalue weighted by molar-refractivity contribution is 14.1. The van der Waals surface area contributed by atoms with Crippen molar-refractivity contribution in [2.24, 2.45) is 0 Å². The van der Waals surface area contributed by atoms with E-state index in [1.165, 1.54) is 9.13 Å². The van der Waals surface area contributed by atoms with Crippen molar-refractivity contribution in [2.45, 2.75) is 59.2 Å². The van der Waals surface area contributed by atoms with Gasteiger partial charge < -0.3 is 14.6 Å². The highest BCUT2D eigenvalue weighted by Crippen LogP contribution is 2.39. The summed E-state index contributed by atoms with van der Waals surface area (Å²) in [6.45, 7) is 8.70. The normalized spacial score (nSPS) is 14.6. The first-order chi connectivity index (χ1) is 12.7. The average Bonchev–Trinajstić information content (AvgIpc) is 2.88. The Morgan fingerprint density at radius 3 is 2.67 bits per heavy atom. The molecule has 0 saturated heterocycles. The summed E-state index contributed by atoms with van der Waals surface area (Å²) >= 11 is 2.34. The van der Waals surface area contributed by atoms with Gasteiger partial charge in [0.05, 0.1) is 0 Å².